The molecule has 1 unspecified atom stereocenters. The van der Waals surface area contributed by atoms with E-state index in [0.717, 1.165) is 6.42 Å². The summed E-state index contributed by atoms with van der Waals surface area (Å²) in [5.41, 5.74) is 6.07. The Morgan fingerprint density at radius 2 is 2.44 bits per heavy atom. The van der Waals surface area contributed by atoms with E-state index >= 15 is 0 Å². The van der Waals surface area contributed by atoms with Crippen molar-refractivity contribution in [3.8, 4) is 0 Å². The van der Waals surface area contributed by atoms with E-state index in [1.54, 1.807) is 7.05 Å². The molecule has 0 spiro atoms. The number of nitrogens with two attached hydrogens (primary N) is 1. The summed E-state index contributed by atoms with van der Waals surface area (Å²) in [6.45, 7) is 5.67. The van der Waals surface area contributed by atoms with Crippen molar-refractivity contribution in [3.05, 3.63) is 18.2 Å². The van der Waals surface area contributed by atoms with Gasteiger partial charge in [-0.05, 0) is 24.9 Å². The predicted molar refractivity (Wildman–Crippen MR) is 67.8 cm³/mol. The molecule has 88 valence electrons. The SMILES string of the molecule is C=CCC(C)Nc1snc(N)c1C(=O)NC. The van der Waals surface area contributed by atoms with Crippen LogP contribution in [0, 0.1) is 0 Å². The Bertz CT molecular complexity index is 388. The lowest BCUT2D eigenvalue weighted by Gasteiger charge is -2.12. The van der Waals surface area contributed by atoms with Gasteiger partial charge >= 0.3 is 0 Å². The maximum atomic E-state index is 11.6. The zero-order valence-electron chi connectivity index (χ0n) is 9.41. The molecule has 4 N–H and O–H groups in total. The van der Waals surface area contributed by atoms with Crippen LogP contribution in [0.5, 0.6) is 0 Å². The number of hydrogen-bond acceptors (Lipinski definition) is 5. The van der Waals surface area contributed by atoms with Gasteiger partial charge < -0.3 is 16.4 Å². The molecule has 16 heavy (non-hydrogen) atoms. The minimum Gasteiger partial charge on any atom is -0.382 e. The molecule has 0 radical (unpaired) electrons. The van der Waals surface area contributed by atoms with Crippen LogP contribution < -0.4 is 16.4 Å². The molecule has 0 aliphatic rings. The van der Waals surface area contributed by atoms with E-state index in [0.29, 0.717) is 10.6 Å². The van der Waals surface area contributed by atoms with Gasteiger partial charge in [0.25, 0.3) is 5.91 Å². The number of nitrogens with one attached hydrogen (secondary N) is 2. The maximum absolute atomic E-state index is 11.6. The molecule has 0 fully saturated rings. The van der Waals surface area contributed by atoms with E-state index < -0.39 is 0 Å². The van der Waals surface area contributed by atoms with E-state index in [-0.39, 0.29) is 17.8 Å². The molecular formula is C10H16N4OS. The van der Waals surface area contributed by atoms with Gasteiger partial charge in [-0.25, -0.2) is 0 Å². The largest absolute Gasteiger partial charge is 0.382 e. The number of amides is 1. The zero-order chi connectivity index (χ0) is 12.1. The van der Waals surface area contributed by atoms with Gasteiger partial charge in [0.05, 0.1) is 0 Å². The monoisotopic (exact) mass is 240 g/mol. The van der Waals surface area contributed by atoms with Crippen molar-refractivity contribution >= 4 is 28.3 Å². The Morgan fingerprint density at radius 1 is 1.75 bits per heavy atom. The van der Waals surface area contributed by atoms with E-state index in [4.69, 9.17) is 5.73 Å². The fourth-order valence-corrected chi connectivity index (χ4v) is 2.10. The Hall–Kier alpha value is -1.56. The van der Waals surface area contributed by atoms with Crippen molar-refractivity contribution in [3.63, 3.8) is 0 Å². The molecule has 0 aliphatic heterocycles. The lowest BCUT2D eigenvalue weighted by Crippen LogP contribution is -2.22. The first-order chi connectivity index (χ1) is 7.60. The molecule has 0 aromatic carbocycles. The van der Waals surface area contributed by atoms with Gasteiger partial charge in [-0.15, -0.1) is 6.58 Å². The lowest BCUT2D eigenvalue weighted by atomic mass is 10.2. The molecule has 1 aromatic rings. The third kappa shape index (κ3) is 2.73. The summed E-state index contributed by atoms with van der Waals surface area (Å²) in [6, 6.07) is 0.195. The minimum atomic E-state index is -0.223. The van der Waals surface area contributed by atoms with Gasteiger partial charge in [0, 0.05) is 13.1 Å². The van der Waals surface area contributed by atoms with Crippen LogP contribution >= 0.6 is 11.5 Å². The molecule has 5 nitrogen and oxygen atoms in total. The van der Waals surface area contributed by atoms with E-state index in [9.17, 15) is 4.79 Å². The second-order valence-corrected chi connectivity index (χ2v) is 4.19. The normalized spacial score (nSPS) is 11.9. The van der Waals surface area contributed by atoms with Gasteiger partial charge in [0.1, 0.15) is 10.6 Å². The topological polar surface area (TPSA) is 80.0 Å². The molecule has 0 aliphatic carbocycles. The Labute approximate surface area is 98.9 Å². The van der Waals surface area contributed by atoms with Crippen molar-refractivity contribution in [1.29, 1.82) is 0 Å². The van der Waals surface area contributed by atoms with Crippen LogP contribution in [0.2, 0.25) is 0 Å². The highest BCUT2D eigenvalue weighted by molar-refractivity contribution is 7.11. The summed E-state index contributed by atoms with van der Waals surface area (Å²) in [6.07, 6.45) is 2.63. The first kappa shape index (κ1) is 12.5. The van der Waals surface area contributed by atoms with E-state index in [2.05, 4.69) is 21.6 Å². The summed E-state index contributed by atoms with van der Waals surface area (Å²) in [5.74, 6) is 0.0391. The molecule has 0 saturated carbocycles. The Balaban J connectivity index is 2.88. The highest BCUT2D eigenvalue weighted by Crippen LogP contribution is 2.27. The summed E-state index contributed by atoms with van der Waals surface area (Å²) in [7, 11) is 1.57. The van der Waals surface area contributed by atoms with Crippen molar-refractivity contribution in [1.82, 2.24) is 9.69 Å². The number of nitrogen functional groups attached to an aromatic ring is 1. The summed E-state index contributed by atoms with van der Waals surface area (Å²) < 4.78 is 3.97. The van der Waals surface area contributed by atoms with Gasteiger partial charge in [-0.3, -0.25) is 4.79 Å². The number of carbonyl (C=O) groups excluding carboxylic acids is 1. The fourth-order valence-electron chi connectivity index (χ4n) is 1.28. The van der Waals surface area contributed by atoms with Crippen LogP contribution in [0.1, 0.15) is 23.7 Å². The first-order valence-electron chi connectivity index (χ1n) is 4.94. The summed E-state index contributed by atoms with van der Waals surface area (Å²) in [5, 5.41) is 6.43. The minimum absolute atomic E-state index is 0.195. The third-order valence-corrected chi connectivity index (χ3v) is 2.86. The summed E-state index contributed by atoms with van der Waals surface area (Å²) >= 11 is 1.19. The van der Waals surface area contributed by atoms with Crippen LogP contribution in [0.15, 0.2) is 12.7 Å². The molecule has 1 heterocycles. The van der Waals surface area contributed by atoms with Crippen molar-refractivity contribution < 1.29 is 4.79 Å². The summed E-state index contributed by atoms with van der Waals surface area (Å²) in [4.78, 5) is 11.6. The quantitative estimate of drug-likeness (QED) is 0.681. The van der Waals surface area contributed by atoms with Crippen LogP contribution in [0.25, 0.3) is 0 Å². The molecule has 1 atom stereocenters. The fraction of sp³-hybridized carbons (Fsp3) is 0.400. The highest BCUT2D eigenvalue weighted by atomic mass is 32.1. The number of rotatable bonds is 5. The van der Waals surface area contributed by atoms with E-state index in [1.165, 1.54) is 11.5 Å². The molecule has 0 saturated heterocycles. The number of hydrogen-bond donors (Lipinski definition) is 3. The molecule has 0 bridgehead atoms. The zero-order valence-corrected chi connectivity index (χ0v) is 10.2. The number of anilines is 2. The smallest absolute Gasteiger partial charge is 0.257 e. The standard InChI is InChI=1S/C10H16N4OS/c1-4-5-6(2)13-10-7(9(15)12-3)8(11)14-16-10/h4,6,13H,1,5H2,2-3H3,(H2,11,14)(H,12,15). The third-order valence-electron chi connectivity index (χ3n) is 2.07. The van der Waals surface area contributed by atoms with Crippen molar-refractivity contribution in [2.24, 2.45) is 0 Å². The Morgan fingerprint density at radius 3 is 3.00 bits per heavy atom. The number of carbonyl (C=O) groups is 1. The van der Waals surface area contributed by atoms with Crippen LogP contribution in [-0.4, -0.2) is 23.4 Å². The first-order valence-corrected chi connectivity index (χ1v) is 5.72. The molecule has 1 rings (SSSR count). The maximum Gasteiger partial charge on any atom is 0.257 e. The van der Waals surface area contributed by atoms with Crippen molar-refractivity contribution in [2.45, 2.75) is 19.4 Å². The molecule has 1 aromatic heterocycles. The number of nitrogens with zero attached hydrogens (tertiary/aromatic N) is 1. The van der Waals surface area contributed by atoms with Crippen LogP contribution in [0.3, 0.4) is 0 Å². The van der Waals surface area contributed by atoms with Gasteiger partial charge in [0.15, 0.2) is 5.82 Å². The van der Waals surface area contributed by atoms with Crippen LogP contribution in [-0.2, 0) is 0 Å². The number of aromatic nitrogens is 1. The molecule has 1 amide bonds. The van der Waals surface area contributed by atoms with Gasteiger partial charge in [-0.2, -0.15) is 4.37 Å². The van der Waals surface area contributed by atoms with Crippen molar-refractivity contribution in [2.75, 3.05) is 18.1 Å². The second kappa shape index (κ2) is 5.50. The predicted octanol–water partition coefficient (Wildman–Crippen LogP) is 1.46. The average molecular weight is 240 g/mol. The van der Waals surface area contributed by atoms with Crippen LogP contribution in [0.4, 0.5) is 10.8 Å². The van der Waals surface area contributed by atoms with Gasteiger partial charge in [0.2, 0.25) is 0 Å². The average Bonchev–Trinajstić information content (AvgIpc) is 2.59. The second-order valence-electron chi connectivity index (χ2n) is 3.42. The highest BCUT2D eigenvalue weighted by Gasteiger charge is 2.18. The van der Waals surface area contributed by atoms with Gasteiger partial charge in [-0.1, -0.05) is 6.08 Å². The lowest BCUT2D eigenvalue weighted by molar-refractivity contribution is 0.0965. The molecular weight excluding hydrogens is 224 g/mol. The molecule has 6 heteroatoms. The Kier molecular flexibility index (Phi) is 4.30. The van der Waals surface area contributed by atoms with E-state index in [1.807, 2.05) is 13.0 Å².